The van der Waals surface area contributed by atoms with Gasteiger partial charge in [0.2, 0.25) is 0 Å². The predicted molar refractivity (Wildman–Crippen MR) is 175 cm³/mol. The van der Waals surface area contributed by atoms with Gasteiger partial charge in [-0.3, -0.25) is 4.79 Å². The van der Waals surface area contributed by atoms with Gasteiger partial charge in [0.05, 0.1) is 5.69 Å². The standard InChI is InChI=1S/C35H46ClNO3S/c1-8-11-12-32(40-31-20-14-25(34(4,5)9-2)22-28(31)35(6,7)10-3)33(39)37-29-19-13-24(21-30(29)38)23-41-27-17-15-26(36)16-18-27/h13-22,32,38H,8-12,23H2,1-7H3,(H,37,39). The monoisotopic (exact) mass is 595 g/mol. The second-order valence-corrected chi connectivity index (χ2v) is 13.5. The van der Waals surface area contributed by atoms with E-state index < -0.39 is 6.10 Å². The largest absolute Gasteiger partial charge is 0.506 e. The van der Waals surface area contributed by atoms with E-state index in [0.717, 1.165) is 47.5 Å². The fraction of sp³-hybridized carbons (Fsp3) is 0.457. The highest BCUT2D eigenvalue weighted by atomic mass is 35.5. The molecule has 0 fully saturated rings. The lowest BCUT2D eigenvalue weighted by Crippen LogP contribution is -2.34. The fourth-order valence-electron chi connectivity index (χ4n) is 4.45. The highest BCUT2D eigenvalue weighted by Crippen LogP contribution is 2.39. The van der Waals surface area contributed by atoms with E-state index in [1.54, 1.807) is 23.9 Å². The number of aromatic hydroxyl groups is 1. The Balaban J connectivity index is 1.80. The van der Waals surface area contributed by atoms with Crippen molar-refractivity contribution in [2.75, 3.05) is 5.32 Å². The molecule has 0 aliphatic rings. The number of phenols is 1. The van der Waals surface area contributed by atoms with Crippen molar-refractivity contribution in [1.82, 2.24) is 0 Å². The zero-order chi connectivity index (χ0) is 30.2. The quantitative estimate of drug-likeness (QED) is 0.144. The summed E-state index contributed by atoms with van der Waals surface area (Å²) in [5, 5.41) is 14.4. The maximum atomic E-state index is 13.5. The van der Waals surface area contributed by atoms with Crippen molar-refractivity contribution in [3.05, 3.63) is 82.4 Å². The molecule has 4 nitrogen and oxygen atoms in total. The van der Waals surface area contributed by atoms with Crippen LogP contribution in [0.3, 0.4) is 0 Å². The van der Waals surface area contributed by atoms with E-state index in [-0.39, 0.29) is 22.5 Å². The molecule has 3 aromatic carbocycles. The Morgan fingerprint density at radius 1 is 0.951 bits per heavy atom. The van der Waals surface area contributed by atoms with Gasteiger partial charge in [-0.25, -0.2) is 0 Å². The van der Waals surface area contributed by atoms with Crippen LogP contribution in [0.5, 0.6) is 11.5 Å². The number of thioether (sulfide) groups is 1. The molecule has 3 rings (SSSR count). The summed E-state index contributed by atoms with van der Waals surface area (Å²) in [6.45, 7) is 15.5. The van der Waals surface area contributed by atoms with E-state index in [1.165, 1.54) is 5.56 Å². The molecule has 3 aromatic rings. The molecule has 0 aliphatic heterocycles. The van der Waals surface area contributed by atoms with Crippen molar-refractivity contribution in [3.8, 4) is 11.5 Å². The van der Waals surface area contributed by atoms with Crippen LogP contribution in [0.2, 0.25) is 5.02 Å². The number of benzene rings is 3. The molecule has 1 amide bonds. The van der Waals surface area contributed by atoms with Crippen molar-refractivity contribution in [2.45, 2.75) is 108 Å². The third kappa shape index (κ3) is 8.93. The van der Waals surface area contributed by atoms with Crippen molar-refractivity contribution in [2.24, 2.45) is 0 Å². The van der Waals surface area contributed by atoms with Crippen molar-refractivity contribution in [3.63, 3.8) is 0 Å². The highest BCUT2D eigenvalue weighted by molar-refractivity contribution is 7.98. The molecule has 0 bridgehead atoms. The first-order valence-electron chi connectivity index (χ1n) is 14.7. The third-order valence-electron chi connectivity index (χ3n) is 8.18. The number of amides is 1. The molecule has 1 unspecified atom stereocenters. The fourth-order valence-corrected chi connectivity index (χ4v) is 5.41. The SMILES string of the molecule is CCCCC(Oc1ccc(C(C)(C)CC)cc1C(C)(C)CC)C(=O)Nc1ccc(CSc2ccc(Cl)cc2)cc1O. The van der Waals surface area contributed by atoms with Crippen molar-refractivity contribution in [1.29, 1.82) is 0 Å². The van der Waals surface area contributed by atoms with Gasteiger partial charge in [0.1, 0.15) is 11.5 Å². The molecular formula is C35H46ClNO3S. The minimum Gasteiger partial charge on any atom is -0.506 e. The van der Waals surface area contributed by atoms with Crippen LogP contribution in [0.4, 0.5) is 5.69 Å². The molecule has 2 N–H and O–H groups in total. The zero-order valence-electron chi connectivity index (χ0n) is 25.6. The van der Waals surface area contributed by atoms with E-state index in [9.17, 15) is 9.90 Å². The van der Waals surface area contributed by atoms with Gasteiger partial charge in [-0.15, -0.1) is 11.8 Å². The average molecular weight is 596 g/mol. The first kappa shape index (κ1) is 32.9. The third-order valence-corrected chi connectivity index (χ3v) is 9.51. The number of hydrogen-bond donors (Lipinski definition) is 2. The zero-order valence-corrected chi connectivity index (χ0v) is 27.2. The lowest BCUT2D eigenvalue weighted by molar-refractivity contribution is -0.123. The summed E-state index contributed by atoms with van der Waals surface area (Å²) < 4.78 is 6.52. The summed E-state index contributed by atoms with van der Waals surface area (Å²) in [6, 6.07) is 19.5. The summed E-state index contributed by atoms with van der Waals surface area (Å²) in [6.07, 6.45) is 3.71. The van der Waals surface area contributed by atoms with Gasteiger partial charge in [0.15, 0.2) is 6.10 Å². The summed E-state index contributed by atoms with van der Waals surface area (Å²) in [7, 11) is 0. The molecule has 0 spiro atoms. The van der Waals surface area contributed by atoms with E-state index in [0.29, 0.717) is 22.9 Å². The van der Waals surface area contributed by atoms with E-state index in [2.05, 4.69) is 65.9 Å². The molecule has 1 atom stereocenters. The van der Waals surface area contributed by atoms with Crippen molar-refractivity contribution >= 4 is 35.0 Å². The Bertz CT molecular complexity index is 1300. The summed E-state index contributed by atoms with van der Waals surface area (Å²) in [5.41, 5.74) is 3.68. The minimum absolute atomic E-state index is 0.0424. The molecule has 41 heavy (non-hydrogen) atoms. The van der Waals surface area contributed by atoms with Crippen LogP contribution < -0.4 is 10.1 Å². The lowest BCUT2D eigenvalue weighted by atomic mass is 9.76. The first-order chi connectivity index (χ1) is 19.4. The molecular weight excluding hydrogens is 550 g/mol. The van der Waals surface area contributed by atoms with Crippen molar-refractivity contribution < 1.29 is 14.6 Å². The normalized spacial score (nSPS) is 12.7. The summed E-state index contributed by atoms with van der Waals surface area (Å²) >= 11 is 7.64. The number of halogens is 1. The maximum absolute atomic E-state index is 13.5. The van der Waals surface area contributed by atoms with Gasteiger partial charge in [0.25, 0.3) is 5.91 Å². The number of carbonyl (C=O) groups is 1. The summed E-state index contributed by atoms with van der Waals surface area (Å²) in [5.74, 6) is 1.23. The Morgan fingerprint density at radius 3 is 2.24 bits per heavy atom. The summed E-state index contributed by atoms with van der Waals surface area (Å²) in [4.78, 5) is 14.6. The second kappa shape index (κ2) is 14.5. The van der Waals surface area contributed by atoms with Crippen LogP contribution in [-0.4, -0.2) is 17.1 Å². The number of carbonyl (C=O) groups excluding carboxylic acids is 1. The molecule has 0 saturated heterocycles. The Hall–Kier alpha value is -2.63. The number of hydrogen-bond acceptors (Lipinski definition) is 4. The molecule has 222 valence electrons. The number of nitrogens with one attached hydrogen (secondary N) is 1. The smallest absolute Gasteiger partial charge is 0.265 e. The lowest BCUT2D eigenvalue weighted by Gasteiger charge is -2.31. The molecule has 0 aliphatic carbocycles. The highest BCUT2D eigenvalue weighted by Gasteiger charge is 2.29. The van der Waals surface area contributed by atoms with Crippen LogP contribution in [-0.2, 0) is 21.4 Å². The van der Waals surface area contributed by atoms with Crippen LogP contribution in [0.1, 0.15) is 97.3 Å². The van der Waals surface area contributed by atoms with Gasteiger partial charge < -0.3 is 15.2 Å². The van der Waals surface area contributed by atoms with Crippen LogP contribution >= 0.6 is 23.4 Å². The van der Waals surface area contributed by atoms with E-state index >= 15 is 0 Å². The number of anilines is 1. The number of ether oxygens (including phenoxy) is 1. The number of unbranched alkanes of at least 4 members (excludes halogenated alkanes) is 1. The molecule has 0 saturated carbocycles. The molecule has 0 heterocycles. The van der Waals surface area contributed by atoms with Crippen LogP contribution in [0.25, 0.3) is 0 Å². The van der Waals surface area contributed by atoms with Crippen LogP contribution in [0.15, 0.2) is 65.6 Å². The van der Waals surface area contributed by atoms with E-state index in [1.807, 2.05) is 36.4 Å². The van der Waals surface area contributed by atoms with Gasteiger partial charge in [-0.2, -0.15) is 0 Å². The maximum Gasteiger partial charge on any atom is 0.265 e. The van der Waals surface area contributed by atoms with Gasteiger partial charge >= 0.3 is 0 Å². The topological polar surface area (TPSA) is 58.6 Å². The number of phenolic OH excluding ortho intramolecular Hbond substituents is 1. The molecule has 6 heteroatoms. The van der Waals surface area contributed by atoms with Gasteiger partial charge in [-0.1, -0.05) is 84.7 Å². The number of rotatable bonds is 14. The first-order valence-corrected chi connectivity index (χ1v) is 16.1. The Labute approximate surface area is 256 Å². The van der Waals surface area contributed by atoms with Gasteiger partial charge in [0, 0.05) is 21.2 Å². The predicted octanol–water partition coefficient (Wildman–Crippen LogP) is 10.3. The van der Waals surface area contributed by atoms with Crippen LogP contribution in [0, 0.1) is 0 Å². The minimum atomic E-state index is -0.675. The molecule has 0 radical (unpaired) electrons. The second-order valence-electron chi connectivity index (χ2n) is 12.0. The Kier molecular flexibility index (Phi) is 11.6. The van der Waals surface area contributed by atoms with Gasteiger partial charge in [-0.05, 0) is 90.1 Å². The molecule has 0 aromatic heterocycles. The average Bonchev–Trinajstić information content (AvgIpc) is 2.96. The van der Waals surface area contributed by atoms with E-state index in [4.69, 9.17) is 16.3 Å². The Morgan fingerprint density at radius 2 is 1.63 bits per heavy atom.